The van der Waals surface area contributed by atoms with Crippen molar-refractivity contribution >= 4 is 23.7 Å². The van der Waals surface area contributed by atoms with E-state index in [0.29, 0.717) is 5.41 Å². The molecule has 3 atom stereocenters. The molecule has 1 aliphatic heterocycles. The molecular formula is C20H26ClN3S. The highest BCUT2D eigenvalue weighted by molar-refractivity contribution is 7.14. The van der Waals surface area contributed by atoms with Crippen molar-refractivity contribution in [1.29, 1.82) is 0 Å². The molecule has 3 aliphatic rings. The van der Waals surface area contributed by atoms with Crippen LogP contribution < -0.4 is 0 Å². The molecule has 1 unspecified atom stereocenters. The van der Waals surface area contributed by atoms with Crippen LogP contribution >= 0.6 is 23.7 Å². The first kappa shape index (κ1) is 17.4. The Bertz CT molecular complexity index is 789. The summed E-state index contributed by atoms with van der Waals surface area (Å²) in [5, 5.41) is 10.7. The maximum Gasteiger partial charge on any atom is 0.147 e. The van der Waals surface area contributed by atoms with E-state index in [9.17, 15) is 0 Å². The maximum absolute atomic E-state index is 4.39. The van der Waals surface area contributed by atoms with Gasteiger partial charge in [-0.2, -0.15) is 0 Å². The van der Waals surface area contributed by atoms with E-state index in [1.807, 2.05) is 6.92 Å². The van der Waals surface area contributed by atoms with Gasteiger partial charge in [0.25, 0.3) is 0 Å². The van der Waals surface area contributed by atoms with E-state index in [2.05, 4.69) is 40.3 Å². The quantitative estimate of drug-likeness (QED) is 0.728. The van der Waals surface area contributed by atoms with Crippen molar-refractivity contribution in [1.82, 2.24) is 15.1 Å². The minimum Gasteiger partial charge on any atom is -0.303 e. The molecule has 2 aliphatic carbocycles. The van der Waals surface area contributed by atoms with Crippen LogP contribution in [-0.2, 0) is 11.8 Å². The third kappa shape index (κ3) is 2.56. The van der Waals surface area contributed by atoms with Crippen LogP contribution in [-0.4, -0.2) is 34.7 Å². The lowest BCUT2D eigenvalue weighted by Crippen LogP contribution is -2.59. The van der Waals surface area contributed by atoms with Gasteiger partial charge in [-0.15, -0.1) is 22.6 Å². The first-order valence-electron chi connectivity index (χ1n) is 9.31. The Morgan fingerprint density at radius 1 is 1.20 bits per heavy atom. The number of hydrogen-bond acceptors (Lipinski definition) is 4. The fourth-order valence-electron chi connectivity index (χ4n) is 5.74. The maximum atomic E-state index is 4.39. The summed E-state index contributed by atoms with van der Waals surface area (Å²) in [5.41, 5.74) is 4.95. The van der Waals surface area contributed by atoms with E-state index in [1.54, 1.807) is 22.5 Å². The molecule has 3 nitrogen and oxygen atoms in total. The Balaban J connectivity index is 0.00000157. The number of aromatic nitrogens is 2. The second-order valence-corrected chi connectivity index (χ2v) is 9.19. The normalized spacial score (nSPS) is 31.0. The molecule has 0 N–H and O–H groups in total. The monoisotopic (exact) mass is 375 g/mol. The van der Waals surface area contributed by atoms with Crippen LogP contribution in [0.25, 0.3) is 10.6 Å². The van der Waals surface area contributed by atoms with Gasteiger partial charge < -0.3 is 4.90 Å². The van der Waals surface area contributed by atoms with E-state index in [4.69, 9.17) is 0 Å². The van der Waals surface area contributed by atoms with E-state index in [-0.39, 0.29) is 12.4 Å². The van der Waals surface area contributed by atoms with Crippen LogP contribution in [0.15, 0.2) is 18.2 Å². The van der Waals surface area contributed by atoms with Gasteiger partial charge >= 0.3 is 0 Å². The number of likely N-dealkylation sites (N-methyl/N-ethyl adjacent to an activating group) is 1. The van der Waals surface area contributed by atoms with Crippen molar-refractivity contribution in [2.75, 3.05) is 13.6 Å². The number of halogens is 1. The average molecular weight is 376 g/mol. The predicted octanol–water partition coefficient (Wildman–Crippen LogP) is 4.62. The Morgan fingerprint density at radius 2 is 2.08 bits per heavy atom. The number of rotatable bonds is 1. The molecule has 2 aromatic rings. The summed E-state index contributed by atoms with van der Waals surface area (Å²) in [6.07, 6.45) is 8.17. The van der Waals surface area contributed by atoms with Gasteiger partial charge in [-0.25, -0.2) is 0 Å². The number of benzene rings is 1. The number of hydrogen-bond donors (Lipinski definition) is 0. The van der Waals surface area contributed by atoms with E-state index < -0.39 is 0 Å². The van der Waals surface area contributed by atoms with Gasteiger partial charge in [0, 0.05) is 17.0 Å². The first-order valence-corrected chi connectivity index (χ1v) is 10.1. The Labute approximate surface area is 160 Å². The average Bonchev–Trinajstić information content (AvgIpc) is 3.04. The Morgan fingerprint density at radius 3 is 2.88 bits per heavy atom. The van der Waals surface area contributed by atoms with Crippen LogP contribution in [0, 0.1) is 12.8 Å². The van der Waals surface area contributed by atoms with Gasteiger partial charge in [0.1, 0.15) is 10.0 Å². The van der Waals surface area contributed by atoms with Gasteiger partial charge in [0.2, 0.25) is 0 Å². The molecule has 1 aromatic carbocycles. The van der Waals surface area contributed by atoms with Gasteiger partial charge in [0.05, 0.1) is 0 Å². The molecule has 25 heavy (non-hydrogen) atoms. The van der Waals surface area contributed by atoms with Crippen LogP contribution in [0.1, 0.15) is 48.2 Å². The largest absolute Gasteiger partial charge is 0.303 e. The van der Waals surface area contributed by atoms with Crippen LogP contribution in [0.4, 0.5) is 0 Å². The van der Waals surface area contributed by atoms with Crippen molar-refractivity contribution in [3.05, 3.63) is 34.3 Å². The first-order chi connectivity index (χ1) is 11.7. The summed E-state index contributed by atoms with van der Waals surface area (Å²) in [5.74, 6) is 0.851. The SMILES string of the molecule is Cc1nnc(-c2ccc3c(c2)[C@]24CCCCC2[C@H](C3)N(C)CC4)s1.Cl. The Hall–Kier alpha value is -0.970. The van der Waals surface area contributed by atoms with Crippen LogP contribution in [0.5, 0.6) is 0 Å². The second kappa shape index (κ2) is 6.33. The summed E-state index contributed by atoms with van der Waals surface area (Å²) in [4.78, 5) is 2.64. The summed E-state index contributed by atoms with van der Waals surface area (Å²) in [7, 11) is 2.34. The van der Waals surface area contributed by atoms with Crippen LogP contribution in [0.2, 0.25) is 0 Å². The second-order valence-electron chi connectivity index (χ2n) is 8.01. The highest BCUT2D eigenvalue weighted by Gasteiger charge is 2.53. The van der Waals surface area contributed by atoms with E-state index in [0.717, 1.165) is 22.0 Å². The molecule has 134 valence electrons. The van der Waals surface area contributed by atoms with Crippen LogP contribution in [0.3, 0.4) is 0 Å². The van der Waals surface area contributed by atoms with Gasteiger partial charge in [-0.1, -0.05) is 36.3 Å². The molecule has 0 amide bonds. The lowest BCUT2D eigenvalue weighted by molar-refractivity contribution is 0.00290. The van der Waals surface area contributed by atoms with Crippen molar-refractivity contribution < 1.29 is 0 Å². The summed E-state index contributed by atoms with van der Waals surface area (Å²) < 4.78 is 0. The molecule has 1 aromatic heterocycles. The number of fused-ring (bicyclic) bond motifs is 1. The molecule has 2 fully saturated rings. The highest BCUT2D eigenvalue weighted by Crippen LogP contribution is 2.55. The van der Waals surface area contributed by atoms with Gasteiger partial charge in [-0.05, 0) is 69.3 Å². The van der Waals surface area contributed by atoms with Gasteiger partial charge in [-0.3, -0.25) is 0 Å². The third-order valence-corrected chi connectivity index (χ3v) is 7.78. The smallest absolute Gasteiger partial charge is 0.147 e. The van der Waals surface area contributed by atoms with Crippen molar-refractivity contribution in [2.45, 2.75) is 56.9 Å². The van der Waals surface area contributed by atoms with Crippen molar-refractivity contribution in [3.63, 3.8) is 0 Å². The minimum absolute atomic E-state index is 0. The summed E-state index contributed by atoms with van der Waals surface area (Å²) in [6.45, 7) is 3.29. The zero-order valence-corrected chi connectivity index (χ0v) is 16.6. The number of piperidine rings is 1. The fourth-order valence-corrected chi connectivity index (χ4v) is 6.43. The molecule has 0 radical (unpaired) electrons. The third-order valence-electron chi connectivity index (χ3n) is 6.89. The predicted molar refractivity (Wildman–Crippen MR) is 106 cm³/mol. The summed E-state index contributed by atoms with van der Waals surface area (Å²) >= 11 is 1.71. The standard InChI is InChI=1S/C20H25N3S.ClH/c1-13-21-22-19(24-13)15-7-6-14-12-18-16-5-3-4-8-20(16,17(14)11-15)9-10-23(18)2;/h6-7,11,16,18H,3-5,8-10,12H2,1-2H3;1H/t16?,18-,20-;/m0./s1. The zero-order valence-electron chi connectivity index (χ0n) is 15.0. The molecule has 0 spiro atoms. The number of likely N-dealkylation sites (tertiary alicyclic amines) is 1. The molecule has 5 heteroatoms. The number of nitrogens with zero attached hydrogens (tertiary/aromatic N) is 3. The fraction of sp³-hybridized carbons (Fsp3) is 0.600. The summed E-state index contributed by atoms with van der Waals surface area (Å²) in [6, 6.07) is 7.89. The van der Waals surface area contributed by atoms with E-state index in [1.165, 1.54) is 50.6 Å². The van der Waals surface area contributed by atoms with E-state index >= 15 is 0 Å². The molecule has 1 saturated heterocycles. The molecular weight excluding hydrogens is 350 g/mol. The van der Waals surface area contributed by atoms with Crippen molar-refractivity contribution in [2.24, 2.45) is 5.92 Å². The minimum atomic E-state index is 0. The van der Waals surface area contributed by atoms with Crippen molar-refractivity contribution in [3.8, 4) is 10.6 Å². The molecule has 2 bridgehead atoms. The lowest BCUT2D eigenvalue weighted by Gasteiger charge is -2.58. The highest BCUT2D eigenvalue weighted by atomic mass is 35.5. The molecule has 5 rings (SSSR count). The Kier molecular flexibility index (Phi) is 4.41. The number of aryl methyl sites for hydroxylation is 1. The topological polar surface area (TPSA) is 29.0 Å². The molecule has 1 saturated carbocycles. The van der Waals surface area contributed by atoms with Gasteiger partial charge in [0.15, 0.2) is 0 Å². The molecule has 2 heterocycles. The zero-order chi connectivity index (χ0) is 16.3. The lowest BCUT2D eigenvalue weighted by atomic mass is 9.52.